The molecule has 154 valence electrons. The molecule has 0 saturated heterocycles. The van der Waals surface area contributed by atoms with Gasteiger partial charge in [0.2, 0.25) is 0 Å². The van der Waals surface area contributed by atoms with Crippen molar-refractivity contribution in [3.63, 3.8) is 0 Å². The Hall–Kier alpha value is -1.96. The molecule has 0 amide bonds. The van der Waals surface area contributed by atoms with Gasteiger partial charge < -0.3 is 10.2 Å². The van der Waals surface area contributed by atoms with Crippen molar-refractivity contribution < 1.29 is 10.2 Å². The molecule has 2 heteroatoms. The van der Waals surface area contributed by atoms with E-state index in [-0.39, 0.29) is 16.7 Å². The van der Waals surface area contributed by atoms with Crippen molar-refractivity contribution >= 4 is 0 Å². The zero-order valence-corrected chi connectivity index (χ0v) is 19.2. The molecular weight excluding hydrogens is 344 g/mol. The fourth-order valence-electron chi connectivity index (χ4n) is 4.78. The smallest absolute Gasteiger partial charge is 0.118 e. The van der Waals surface area contributed by atoms with Crippen LogP contribution in [0.1, 0.15) is 101 Å². The first kappa shape index (κ1) is 22.3. The second-order valence-electron chi connectivity index (χ2n) is 10.2. The van der Waals surface area contributed by atoms with Crippen LogP contribution in [0.15, 0.2) is 24.3 Å². The van der Waals surface area contributed by atoms with Crippen LogP contribution >= 0.6 is 0 Å². The van der Waals surface area contributed by atoms with E-state index in [9.17, 15) is 10.2 Å². The number of hydrogen-bond acceptors (Lipinski definition) is 2. The van der Waals surface area contributed by atoms with Gasteiger partial charge in [0.1, 0.15) is 11.5 Å². The average Bonchev–Trinajstić information content (AvgIpc) is 2.55. The van der Waals surface area contributed by atoms with Crippen LogP contribution in [0.4, 0.5) is 0 Å². The van der Waals surface area contributed by atoms with E-state index >= 15 is 0 Å². The topological polar surface area (TPSA) is 40.5 Å². The lowest BCUT2D eigenvalue weighted by Crippen LogP contribution is -2.22. The number of benzene rings is 2. The first-order valence-corrected chi connectivity index (χ1v) is 10.5. The Morgan fingerprint density at radius 1 is 0.714 bits per heavy atom. The molecule has 0 heterocycles. The largest absolute Gasteiger partial charge is 0.508 e. The zero-order chi connectivity index (χ0) is 21.4. The molecule has 0 aliphatic heterocycles. The summed E-state index contributed by atoms with van der Waals surface area (Å²) in [4.78, 5) is 0. The molecule has 0 aliphatic carbocycles. The third-order valence-corrected chi connectivity index (χ3v) is 5.77. The predicted molar refractivity (Wildman–Crippen MR) is 120 cm³/mol. The van der Waals surface area contributed by atoms with E-state index in [2.05, 4.69) is 60.6 Å². The minimum absolute atomic E-state index is 0.0714. The van der Waals surface area contributed by atoms with Gasteiger partial charge in [-0.15, -0.1) is 0 Å². The van der Waals surface area contributed by atoms with Crippen LogP contribution in [0.3, 0.4) is 0 Å². The van der Waals surface area contributed by atoms with Gasteiger partial charge in [0.15, 0.2) is 0 Å². The summed E-state index contributed by atoms with van der Waals surface area (Å²) < 4.78 is 0. The van der Waals surface area contributed by atoms with Crippen LogP contribution in [0.2, 0.25) is 0 Å². The molecule has 28 heavy (non-hydrogen) atoms. The Labute approximate surface area is 171 Å². The third kappa shape index (κ3) is 4.21. The summed E-state index contributed by atoms with van der Waals surface area (Å²) in [7, 11) is 0. The Kier molecular flexibility index (Phi) is 6.23. The number of aromatic hydroxyl groups is 2. The Morgan fingerprint density at radius 2 is 1.07 bits per heavy atom. The van der Waals surface area contributed by atoms with Gasteiger partial charge in [-0.2, -0.15) is 0 Å². The lowest BCUT2D eigenvalue weighted by molar-refractivity contribution is 0.461. The molecule has 2 nitrogen and oxygen atoms in total. The molecule has 0 fully saturated rings. The van der Waals surface area contributed by atoms with Crippen LogP contribution in [0.25, 0.3) is 0 Å². The summed E-state index contributed by atoms with van der Waals surface area (Å²) >= 11 is 0. The maximum Gasteiger partial charge on any atom is 0.118 e. The monoisotopic (exact) mass is 382 g/mol. The molecule has 2 N–H and O–H groups in total. The highest BCUT2D eigenvalue weighted by atomic mass is 16.3. The van der Waals surface area contributed by atoms with Gasteiger partial charge in [0.05, 0.1) is 0 Å². The second-order valence-corrected chi connectivity index (χ2v) is 10.2. The standard InChI is InChI=1S/C26H38O2/c1-10-11-18(19-12-14-21(27)16(2)23(19)25(4,5)6)20-13-15-22(28)17(3)24(20)26(7,8)9/h12-15,18,27-28H,10-11H2,1-9H3. The normalized spacial score (nSPS) is 12.6. The van der Waals surface area contributed by atoms with Gasteiger partial charge >= 0.3 is 0 Å². The lowest BCUT2D eigenvalue weighted by Gasteiger charge is -2.34. The number of phenolic OH excluding ortho intramolecular Hbond substituents is 2. The van der Waals surface area contributed by atoms with Crippen molar-refractivity contribution in [3.8, 4) is 11.5 Å². The van der Waals surface area contributed by atoms with Gasteiger partial charge in [0.25, 0.3) is 0 Å². The van der Waals surface area contributed by atoms with Crippen LogP contribution in [-0.4, -0.2) is 10.2 Å². The van der Waals surface area contributed by atoms with E-state index in [1.54, 1.807) is 0 Å². The van der Waals surface area contributed by atoms with E-state index in [0.29, 0.717) is 11.5 Å². The molecule has 2 rings (SSSR count). The zero-order valence-electron chi connectivity index (χ0n) is 19.2. The van der Waals surface area contributed by atoms with Crippen molar-refractivity contribution in [2.45, 2.75) is 91.9 Å². The molecule has 0 radical (unpaired) electrons. The Bertz CT molecular complexity index is 779. The fraction of sp³-hybridized carbons (Fsp3) is 0.538. The van der Waals surface area contributed by atoms with E-state index in [4.69, 9.17) is 0 Å². The summed E-state index contributed by atoms with van der Waals surface area (Å²) in [6.45, 7) is 19.6. The molecule has 0 spiro atoms. The van der Waals surface area contributed by atoms with Gasteiger partial charge in [-0.1, -0.05) is 67.0 Å². The van der Waals surface area contributed by atoms with Crippen LogP contribution in [0.5, 0.6) is 11.5 Å². The third-order valence-electron chi connectivity index (χ3n) is 5.77. The maximum atomic E-state index is 10.4. The Morgan fingerprint density at radius 3 is 1.36 bits per heavy atom. The van der Waals surface area contributed by atoms with Crippen LogP contribution in [0, 0.1) is 13.8 Å². The van der Waals surface area contributed by atoms with E-state index in [1.165, 1.54) is 22.3 Å². The SMILES string of the molecule is CCCC(c1ccc(O)c(C)c1C(C)(C)C)c1ccc(O)c(C)c1C(C)(C)C. The molecule has 0 unspecified atom stereocenters. The first-order chi connectivity index (χ1) is 12.8. The lowest BCUT2D eigenvalue weighted by atomic mass is 9.71. The van der Waals surface area contributed by atoms with Crippen molar-refractivity contribution in [1.29, 1.82) is 0 Å². The highest BCUT2D eigenvalue weighted by Crippen LogP contribution is 2.45. The van der Waals surface area contributed by atoms with Crippen LogP contribution in [-0.2, 0) is 10.8 Å². The first-order valence-electron chi connectivity index (χ1n) is 10.5. The molecule has 2 aromatic rings. The number of rotatable bonds is 4. The van der Waals surface area contributed by atoms with Gasteiger partial charge in [-0.05, 0) is 76.6 Å². The van der Waals surface area contributed by atoms with Crippen LogP contribution < -0.4 is 0 Å². The molecule has 2 aromatic carbocycles. The van der Waals surface area contributed by atoms with E-state index in [1.807, 2.05) is 26.0 Å². The highest BCUT2D eigenvalue weighted by Gasteiger charge is 2.31. The minimum atomic E-state index is -0.0714. The highest BCUT2D eigenvalue weighted by molar-refractivity contribution is 5.55. The minimum Gasteiger partial charge on any atom is -0.508 e. The fourth-order valence-corrected chi connectivity index (χ4v) is 4.78. The summed E-state index contributed by atoms with van der Waals surface area (Å²) in [5.74, 6) is 0.954. The van der Waals surface area contributed by atoms with Gasteiger partial charge in [-0.25, -0.2) is 0 Å². The molecule has 0 aromatic heterocycles. The van der Waals surface area contributed by atoms with Gasteiger partial charge in [0, 0.05) is 5.92 Å². The van der Waals surface area contributed by atoms with E-state index in [0.717, 1.165) is 24.0 Å². The number of hydrogen-bond donors (Lipinski definition) is 2. The molecule has 0 bridgehead atoms. The van der Waals surface area contributed by atoms with Crippen molar-refractivity contribution in [3.05, 3.63) is 57.6 Å². The summed E-state index contributed by atoms with van der Waals surface area (Å²) in [5, 5.41) is 20.8. The van der Waals surface area contributed by atoms with Crippen molar-refractivity contribution in [2.24, 2.45) is 0 Å². The Balaban J connectivity index is 2.88. The maximum absolute atomic E-state index is 10.4. The average molecular weight is 383 g/mol. The summed E-state index contributed by atoms with van der Waals surface area (Å²) in [6.07, 6.45) is 2.10. The predicted octanol–water partition coefficient (Wildman–Crippen LogP) is 7.24. The van der Waals surface area contributed by atoms with Crippen molar-refractivity contribution in [2.75, 3.05) is 0 Å². The summed E-state index contributed by atoms with van der Waals surface area (Å²) in [5.41, 5.74) is 6.85. The summed E-state index contributed by atoms with van der Waals surface area (Å²) in [6, 6.07) is 7.90. The molecule has 0 atom stereocenters. The van der Waals surface area contributed by atoms with E-state index < -0.39 is 0 Å². The quantitative estimate of drug-likeness (QED) is 0.585. The second kappa shape index (κ2) is 7.81. The molecule has 0 aliphatic rings. The van der Waals surface area contributed by atoms with Crippen molar-refractivity contribution in [1.82, 2.24) is 0 Å². The molecular formula is C26H38O2. The molecule has 0 saturated carbocycles. The van der Waals surface area contributed by atoms with Gasteiger partial charge in [-0.3, -0.25) is 0 Å². The number of phenols is 2.